The predicted molar refractivity (Wildman–Crippen MR) is 433 cm³/mol. The Bertz CT molecular complexity index is 6470. The number of nitrogens with zero attached hydrogens (tertiary/aromatic N) is 7. The molecule has 500 valence electrons. The summed E-state index contributed by atoms with van der Waals surface area (Å²) in [6, 6.07) is 113. The summed E-state index contributed by atoms with van der Waals surface area (Å²) < 4.78 is 18.1. The molecule has 0 saturated heterocycles. The average molecular weight is 1360 g/mol. The van der Waals surface area contributed by atoms with Gasteiger partial charge in [-0.25, -0.2) is 24.9 Å². The van der Waals surface area contributed by atoms with E-state index in [9.17, 15) is 0 Å². The first-order chi connectivity index (χ1) is 52.1. The highest BCUT2D eigenvalue weighted by Crippen LogP contribution is 2.58. The van der Waals surface area contributed by atoms with E-state index >= 15 is 0 Å². The Morgan fingerprint density at radius 1 is 0.264 bits per heavy atom. The molecule has 2 aliphatic carbocycles. The Balaban J connectivity index is 0.000000136. The molecule has 2 aliphatic rings. The number of fused-ring (bicyclic) bond motifs is 22. The van der Waals surface area contributed by atoms with Crippen LogP contribution in [-0.4, -0.2) is 34.1 Å². The number of furan rings is 2. The molecule has 6 heterocycles. The topological polar surface area (TPSA) is 101 Å². The normalized spacial score (nSPS) is 13.2. The van der Waals surface area contributed by atoms with Crippen LogP contribution in [0.1, 0.15) is 49.9 Å². The van der Waals surface area contributed by atoms with Gasteiger partial charge in [0.1, 0.15) is 22.3 Å². The Kier molecular flexibility index (Phi) is 13.5. The second-order valence-corrected chi connectivity index (χ2v) is 29.0. The standard InChI is InChI=1S/C49H33N3O.C48H32N4O/c1-49(2)38-26-24-35-34-20-10-12-23-43(34)53-47(35)44(38)37-25-27-42-45(46(37)49)36-21-9-11-22-41(36)52(42)33-19-13-18-32(28-33)48-50-39(30-14-5-3-6-15-30)29-40(51-48)31-16-7-4-8-17-31;1-48(2)37-26-24-34-33-20-10-12-23-40(33)53-44(34)41(37)36-25-27-39-42(43(36)48)35-21-9-11-22-38(35)52(39)32-19-13-18-31(28-32)47-50-45(29-14-5-3-6-15-29)49-46(51-47)30-16-7-4-8-17-30/h3-29H,1-2H3;3-28H,1-2H3. The molecule has 14 aromatic carbocycles. The summed E-state index contributed by atoms with van der Waals surface area (Å²) in [6.45, 7) is 9.43. The van der Waals surface area contributed by atoms with Crippen LogP contribution in [-0.2, 0) is 10.8 Å². The third-order valence-corrected chi connectivity index (χ3v) is 22.2. The smallest absolute Gasteiger partial charge is 0.164 e. The number of para-hydroxylation sites is 4. The summed E-state index contributed by atoms with van der Waals surface area (Å²) in [5.74, 6) is 2.62. The third kappa shape index (κ3) is 9.31. The van der Waals surface area contributed by atoms with Gasteiger partial charge in [-0.15, -0.1) is 0 Å². The fourth-order valence-electron chi connectivity index (χ4n) is 17.4. The SMILES string of the molecule is CC1(C)c2ccc3c(oc4ccccc43)c2-c2ccc3c(c21)c1ccccc1n3-c1cccc(-c2nc(-c3ccccc3)cc(-c3ccccc3)n2)c1.CC1(C)c2ccc3c(oc4ccccc43)c2-c2ccc3c(c21)c1ccccc1n3-c1cccc(-c2nc(-c3ccccc3)nc(-c3ccccc3)n2)c1. The van der Waals surface area contributed by atoms with Crippen LogP contribution >= 0.6 is 0 Å². The third-order valence-electron chi connectivity index (χ3n) is 22.2. The highest BCUT2D eigenvalue weighted by molar-refractivity contribution is 6.20. The zero-order valence-electron chi connectivity index (χ0n) is 58.5. The van der Waals surface area contributed by atoms with Gasteiger partial charge in [0.2, 0.25) is 0 Å². The van der Waals surface area contributed by atoms with E-state index in [2.05, 4.69) is 273 Å². The molecule has 9 heteroatoms. The van der Waals surface area contributed by atoms with Gasteiger partial charge in [0.15, 0.2) is 23.3 Å². The van der Waals surface area contributed by atoms with Crippen molar-refractivity contribution in [1.29, 1.82) is 0 Å². The zero-order valence-corrected chi connectivity index (χ0v) is 58.5. The minimum atomic E-state index is -0.249. The Morgan fingerprint density at radius 3 is 1.04 bits per heavy atom. The van der Waals surface area contributed by atoms with Crippen molar-refractivity contribution in [2.75, 3.05) is 0 Å². The van der Waals surface area contributed by atoms with Crippen LogP contribution < -0.4 is 0 Å². The van der Waals surface area contributed by atoms with Gasteiger partial charge < -0.3 is 18.0 Å². The van der Waals surface area contributed by atoms with Gasteiger partial charge >= 0.3 is 0 Å². The van der Waals surface area contributed by atoms with Crippen molar-refractivity contribution in [3.63, 3.8) is 0 Å². The highest BCUT2D eigenvalue weighted by Gasteiger charge is 2.42. The lowest BCUT2D eigenvalue weighted by atomic mass is 9.80. The Morgan fingerprint density at radius 2 is 0.613 bits per heavy atom. The molecule has 9 nitrogen and oxygen atoms in total. The van der Waals surface area contributed by atoms with E-state index in [-0.39, 0.29) is 10.8 Å². The maximum absolute atomic E-state index is 6.63. The molecule has 0 fully saturated rings. The molecule has 0 bridgehead atoms. The van der Waals surface area contributed by atoms with Crippen LogP contribution in [0.25, 0.3) is 189 Å². The zero-order chi connectivity index (χ0) is 70.5. The molecular weight excluding hydrogens is 1300 g/mol. The first kappa shape index (κ1) is 61.1. The van der Waals surface area contributed by atoms with Gasteiger partial charge in [0.25, 0.3) is 0 Å². The molecule has 0 amide bonds. The lowest BCUT2D eigenvalue weighted by molar-refractivity contribution is 0.657. The van der Waals surface area contributed by atoms with E-state index in [1.165, 1.54) is 71.6 Å². The Hall–Kier alpha value is -13.6. The highest BCUT2D eigenvalue weighted by atomic mass is 16.3. The number of hydrogen-bond donors (Lipinski definition) is 0. The van der Waals surface area contributed by atoms with Crippen LogP contribution in [0.2, 0.25) is 0 Å². The summed E-state index contributed by atoms with van der Waals surface area (Å²) in [5.41, 5.74) is 27.9. The van der Waals surface area contributed by atoms with Gasteiger partial charge in [-0.3, -0.25) is 0 Å². The Labute approximate surface area is 610 Å². The van der Waals surface area contributed by atoms with E-state index in [1.54, 1.807) is 0 Å². The molecule has 0 radical (unpaired) electrons. The maximum atomic E-state index is 6.63. The van der Waals surface area contributed by atoms with E-state index in [4.69, 9.17) is 33.8 Å². The number of rotatable bonds is 8. The fraction of sp³-hybridized carbons (Fsp3) is 0.0619. The van der Waals surface area contributed by atoms with Crippen molar-refractivity contribution in [3.8, 4) is 102 Å². The number of benzene rings is 14. The maximum Gasteiger partial charge on any atom is 0.164 e. The molecule has 20 aromatic rings. The molecule has 0 saturated carbocycles. The van der Waals surface area contributed by atoms with Crippen molar-refractivity contribution >= 4 is 87.5 Å². The van der Waals surface area contributed by atoms with Crippen molar-refractivity contribution in [2.45, 2.75) is 38.5 Å². The second-order valence-electron chi connectivity index (χ2n) is 29.0. The second kappa shape index (κ2) is 23.5. The van der Waals surface area contributed by atoms with E-state index in [1.807, 2.05) is 84.9 Å². The lowest BCUT2D eigenvalue weighted by Gasteiger charge is -2.22. The van der Waals surface area contributed by atoms with Gasteiger partial charge in [0.05, 0.1) is 33.5 Å². The minimum Gasteiger partial charge on any atom is -0.455 e. The molecule has 6 aromatic heterocycles. The minimum absolute atomic E-state index is 0.242. The lowest BCUT2D eigenvalue weighted by Crippen LogP contribution is -2.15. The van der Waals surface area contributed by atoms with Crippen molar-refractivity contribution in [1.82, 2.24) is 34.1 Å². The number of hydrogen-bond acceptors (Lipinski definition) is 7. The first-order valence-corrected chi connectivity index (χ1v) is 36.2. The fourth-order valence-corrected chi connectivity index (χ4v) is 17.4. The van der Waals surface area contributed by atoms with Crippen molar-refractivity contribution < 1.29 is 8.83 Å². The van der Waals surface area contributed by atoms with Crippen LogP contribution in [0.15, 0.2) is 330 Å². The van der Waals surface area contributed by atoms with Crippen LogP contribution in [0.4, 0.5) is 0 Å². The molecule has 22 rings (SSSR count). The van der Waals surface area contributed by atoms with Crippen LogP contribution in [0.5, 0.6) is 0 Å². The summed E-state index contributed by atoms with van der Waals surface area (Å²) in [7, 11) is 0. The van der Waals surface area contributed by atoms with E-state index in [0.29, 0.717) is 23.3 Å². The number of aromatic nitrogens is 7. The predicted octanol–water partition coefficient (Wildman–Crippen LogP) is 25.0. The monoisotopic (exact) mass is 1360 g/mol. The molecule has 0 aliphatic heterocycles. The van der Waals surface area contributed by atoms with Gasteiger partial charge in [0, 0.05) is 110 Å². The van der Waals surface area contributed by atoms with E-state index < -0.39 is 0 Å². The largest absolute Gasteiger partial charge is 0.455 e. The first-order valence-electron chi connectivity index (χ1n) is 36.2. The van der Waals surface area contributed by atoms with E-state index in [0.717, 1.165) is 117 Å². The van der Waals surface area contributed by atoms with Gasteiger partial charge in [-0.05, 0) is 100 Å². The van der Waals surface area contributed by atoms with Crippen LogP contribution in [0.3, 0.4) is 0 Å². The molecule has 0 atom stereocenters. The summed E-state index contributed by atoms with van der Waals surface area (Å²) >= 11 is 0. The molecule has 0 N–H and O–H groups in total. The molecular formula is C97H65N7O2. The van der Waals surface area contributed by atoms with Gasteiger partial charge in [-0.1, -0.05) is 282 Å². The average Bonchev–Trinajstić information content (AvgIpc) is 1.53. The van der Waals surface area contributed by atoms with Crippen molar-refractivity contribution in [2.24, 2.45) is 0 Å². The summed E-state index contributed by atoms with van der Waals surface area (Å²) in [4.78, 5) is 25.3. The van der Waals surface area contributed by atoms with Crippen molar-refractivity contribution in [3.05, 3.63) is 344 Å². The quantitative estimate of drug-likeness (QED) is 0.149. The molecule has 106 heavy (non-hydrogen) atoms. The molecule has 0 unspecified atom stereocenters. The van der Waals surface area contributed by atoms with Gasteiger partial charge in [-0.2, -0.15) is 0 Å². The van der Waals surface area contributed by atoms with Crippen LogP contribution in [0, 0.1) is 0 Å². The summed E-state index contributed by atoms with van der Waals surface area (Å²) in [5, 5.41) is 9.64. The summed E-state index contributed by atoms with van der Waals surface area (Å²) in [6.07, 6.45) is 0. The molecule has 0 spiro atoms.